The second kappa shape index (κ2) is 10.3. The fraction of sp³-hybridized carbons (Fsp3) is 0.160. The monoisotopic (exact) mass is 478 g/mol. The number of halogens is 1. The Kier molecular flexibility index (Phi) is 6.98. The van der Waals surface area contributed by atoms with E-state index in [-0.39, 0.29) is 17.8 Å². The Morgan fingerprint density at radius 3 is 2.26 bits per heavy atom. The number of rotatable bonds is 8. The maximum Gasteiger partial charge on any atom is 0.287 e. The fourth-order valence-corrected chi connectivity index (χ4v) is 3.73. The second-order valence-corrected chi connectivity index (χ2v) is 7.88. The largest absolute Gasteiger partial charge is 0.497 e. The average Bonchev–Trinajstić information content (AvgIpc) is 2.87. The predicted octanol–water partition coefficient (Wildman–Crippen LogP) is 4.14. The van der Waals surface area contributed by atoms with E-state index in [2.05, 4.69) is 20.6 Å². The Balaban J connectivity index is 1.56. The van der Waals surface area contributed by atoms with Gasteiger partial charge < -0.3 is 25.1 Å². The number of aromatic amines is 1. The topological polar surface area (TPSA) is 105 Å². The average molecular weight is 479 g/mol. The molecule has 0 saturated carbocycles. The molecule has 0 aliphatic heterocycles. The zero-order valence-corrected chi connectivity index (χ0v) is 19.4. The highest BCUT2D eigenvalue weighted by atomic mass is 35.5. The molecular formula is C25H23ClN4O4. The molecule has 1 amide bonds. The molecule has 4 aromatic rings. The number of ether oxygens (including phenoxy) is 2. The van der Waals surface area contributed by atoms with E-state index in [4.69, 9.17) is 21.1 Å². The summed E-state index contributed by atoms with van der Waals surface area (Å²) in [6, 6.07) is 18.1. The molecule has 1 heterocycles. The molecule has 34 heavy (non-hydrogen) atoms. The summed E-state index contributed by atoms with van der Waals surface area (Å²) in [7, 11) is 3.18. The van der Waals surface area contributed by atoms with Gasteiger partial charge in [0.2, 0.25) is 0 Å². The second-order valence-electron chi connectivity index (χ2n) is 7.47. The van der Waals surface area contributed by atoms with E-state index in [1.54, 1.807) is 26.4 Å². The molecule has 0 aliphatic rings. The molecule has 0 saturated heterocycles. The summed E-state index contributed by atoms with van der Waals surface area (Å²) in [6.07, 6.45) is 0. The normalized spacial score (nSPS) is 10.7. The van der Waals surface area contributed by atoms with E-state index < -0.39 is 11.5 Å². The van der Waals surface area contributed by atoms with Crippen LogP contribution in [0.3, 0.4) is 0 Å². The molecule has 8 nitrogen and oxygen atoms in total. The molecule has 0 spiro atoms. The van der Waals surface area contributed by atoms with Crippen molar-refractivity contribution in [2.45, 2.75) is 13.1 Å². The van der Waals surface area contributed by atoms with Crippen molar-refractivity contribution in [1.29, 1.82) is 0 Å². The fourth-order valence-electron chi connectivity index (χ4n) is 3.51. The first-order chi connectivity index (χ1) is 16.5. The third-order valence-electron chi connectivity index (χ3n) is 5.23. The van der Waals surface area contributed by atoms with Gasteiger partial charge in [-0.1, -0.05) is 35.9 Å². The molecular weight excluding hydrogens is 456 g/mol. The number of hydrogen-bond donors (Lipinski definition) is 3. The number of benzene rings is 3. The van der Waals surface area contributed by atoms with E-state index in [0.717, 1.165) is 16.9 Å². The van der Waals surface area contributed by atoms with Gasteiger partial charge in [0.05, 0.1) is 35.8 Å². The number of methoxy groups -OCH3 is 2. The summed E-state index contributed by atoms with van der Waals surface area (Å²) in [6.45, 7) is 0.671. The van der Waals surface area contributed by atoms with Crippen molar-refractivity contribution in [3.8, 4) is 11.5 Å². The van der Waals surface area contributed by atoms with Crippen molar-refractivity contribution in [2.75, 3.05) is 19.5 Å². The lowest BCUT2D eigenvalue weighted by atomic mass is 10.1. The number of amides is 1. The Morgan fingerprint density at radius 1 is 0.971 bits per heavy atom. The summed E-state index contributed by atoms with van der Waals surface area (Å²) in [5.41, 5.74) is 2.14. The molecule has 4 rings (SSSR count). The highest BCUT2D eigenvalue weighted by molar-refractivity contribution is 6.34. The van der Waals surface area contributed by atoms with Crippen LogP contribution in [-0.4, -0.2) is 30.1 Å². The highest BCUT2D eigenvalue weighted by Crippen LogP contribution is 2.29. The quantitative estimate of drug-likeness (QED) is 0.351. The zero-order valence-electron chi connectivity index (χ0n) is 18.6. The van der Waals surface area contributed by atoms with E-state index >= 15 is 0 Å². The standard InChI is InChI=1S/C25H23ClN4O4/c1-33-17-7-3-5-15(11-17)13-27-22-19(26)9-10-20-21(22)24(31)30-23(29-20)25(32)28-14-16-6-4-8-18(12-16)34-2/h3-12,27H,13-14H2,1-2H3,(H,28,32)(H,29,30,31). The summed E-state index contributed by atoms with van der Waals surface area (Å²) in [5, 5.41) is 6.62. The van der Waals surface area contributed by atoms with Gasteiger partial charge in [-0.25, -0.2) is 4.98 Å². The van der Waals surface area contributed by atoms with Crippen molar-refractivity contribution in [3.05, 3.63) is 93.0 Å². The number of fused-ring (bicyclic) bond motifs is 1. The first-order valence-corrected chi connectivity index (χ1v) is 10.9. The zero-order chi connectivity index (χ0) is 24.1. The van der Waals surface area contributed by atoms with Crippen LogP contribution in [0.4, 0.5) is 5.69 Å². The summed E-state index contributed by atoms with van der Waals surface area (Å²) < 4.78 is 10.4. The smallest absolute Gasteiger partial charge is 0.287 e. The van der Waals surface area contributed by atoms with Crippen LogP contribution < -0.4 is 25.7 Å². The van der Waals surface area contributed by atoms with Crippen LogP contribution in [0.2, 0.25) is 5.02 Å². The van der Waals surface area contributed by atoms with Crippen LogP contribution in [-0.2, 0) is 13.1 Å². The van der Waals surface area contributed by atoms with Gasteiger partial charge >= 0.3 is 0 Å². The number of anilines is 1. The first-order valence-electron chi connectivity index (χ1n) is 10.5. The van der Waals surface area contributed by atoms with Crippen LogP contribution in [0.5, 0.6) is 11.5 Å². The molecule has 0 fully saturated rings. The lowest BCUT2D eigenvalue weighted by Gasteiger charge is -2.12. The minimum atomic E-state index is -0.498. The van der Waals surface area contributed by atoms with Gasteiger partial charge in [-0.3, -0.25) is 9.59 Å². The minimum Gasteiger partial charge on any atom is -0.497 e. The SMILES string of the molecule is COc1cccc(CNC(=O)c2nc3ccc(Cl)c(NCc4cccc(OC)c4)c3c(=O)[nH]2)c1. The molecule has 9 heteroatoms. The van der Waals surface area contributed by atoms with Crippen molar-refractivity contribution < 1.29 is 14.3 Å². The summed E-state index contributed by atoms with van der Waals surface area (Å²) >= 11 is 6.39. The van der Waals surface area contributed by atoms with E-state index in [1.807, 2.05) is 48.5 Å². The van der Waals surface area contributed by atoms with Crippen LogP contribution in [0.25, 0.3) is 10.9 Å². The number of carbonyl (C=O) groups is 1. The molecule has 1 aromatic heterocycles. The third-order valence-corrected chi connectivity index (χ3v) is 5.54. The van der Waals surface area contributed by atoms with Crippen molar-refractivity contribution in [3.63, 3.8) is 0 Å². The number of nitrogens with zero attached hydrogens (tertiary/aromatic N) is 1. The van der Waals surface area contributed by atoms with Crippen molar-refractivity contribution in [1.82, 2.24) is 15.3 Å². The molecule has 174 valence electrons. The van der Waals surface area contributed by atoms with Crippen LogP contribution in [0.15, 0.2) is 65.5 Å². The molecule has 0 unspecified atom stereocenters. The van der Waals surface area contributed by atoms with Gasteiger partial charge in [0.25, 0.3) is 11.5 Å². The Morgan fingerprint density at radius 2 is 1.62 bits per heavy atom. The number of aromatic nitrogens is 2. The van der Waals surface area contributed by atoms with Gasteiger partial charge in [0, 0.05) is 13.1 Å². The van der Waals surface area contributed by atoms with Crippen LogP contribution in [0.1, 0.15) is 21.7 Å². The van der Waals surface area contributed by atoms with E-state index in [1.165, 1.54) is 0 Å². The molecule has 0 bridgehead atoms. The molecule has 0 radical (unpaired) electrons. The number of hydrogen-bond acceptors (Lipinski definition) is 6. The van der Waals surface area contributed by atoms with E-state index in [0.29, 0.717) is 28.5 Å². The number of nitrogens with one attached hydrogen (secondary N) is 3. The maximum absolute atomic E-state index is 12.9. The maximum atomic E-state index is 12.9. The summed E-state index contributed by atoms with van der Waals surface area (Å²) in [5.74, 6) is 0.839. The van der Waals surface area contributed by atoms with Crippen molar-refractivity contribution in [2.24, 2.45) is 0 Å². The lowest BCUT2D eigenvalue weighted by Crippen LogP contribution is -2.27. The number of carbonyl (C=O) groups excluding carboxylic acids is 1. The number of H-pyrrole nitrogens is 1. The lowest BCUT2D eigenvalue weighted by molar-refractivity contribution is 0.0940. The Bertz CT molecular complexity index is 1400. The minimum absolute atomic E-state index is 0.0820. The van der Waals surface area contributed by atoms with Crippen LogP contribution in [0, 0.1) is 0 Å². The van der Waals surface area contributed by atoms with Crippen LogP contribution >= 0.6 is 11.6 Å². The first kappa shape index (κ1) is 23.1. The van der Waals surface area contributed by atoms with Gasteiger partial charge in [-0.05, 0) is 47.5 Å². The molecule has 3 aromatic carbocycles. The van der Waals surface area contributed by atoms with Gasteiger partial charge in [0.15, 0.2) is 5.82 Å². The van der Waals surface area contributed by atoms with Gasteiger partial charge in [0.1, 0.15) is 11.5 Å². The van der Waals surface area contributed by atoms with Crippen molar-refractivity contribution >= 4 is 34.1 Å². The third kappa shape index (κ3) is 5.13. The predicted molar refractivity (Wildman–Crippen MR) is 132 cm³/mol. The Labute approximate surface area is 200 Å². The highest BCUT2D eigenvalue weighted by Gasteiger charge is 2.16. The molecule has 0 aliphatic carbocycles. The summed E-state index contributed by atoms with van der Waals surface area (Å²) in [4.78, 5) is 32.5. The van der Waals surface area contributed by atoms with Gasteiger partial charge in [-0.15, -0.1) is 0 Å². The van der Waals surface area contributed by atoms with Gasteiger partial charge in [-0.2, -0.15) is 0 Å². The Hall–Kier alpha value is -4.04. The molecule has 3 N–H and O–H groups in total. The van der Waals surface area contributed by atoms with E-state index in [9.17, 15) is 9.59 Å². The molecule has 0 atom stereocenters.